The van der Waals surface area contributed by atoms with Crippen LogP contribution in [0.1, 0.15) is 6.92 Å². The second-order valence-electron chi connectivity index (χ2n) is 3.91. The highest BCUT2D eigenvalue weighted by molar-refractivity contribution is 6.04. The molecular weight excluding hydrogens is 202 g/mol. The summed E-state index contributed by atoms with van der Waals surface area (Å²) >= 11 is 0. The van der Waals surface area contributed by atoms with Crippen molar-refractivity contribution in [2.24, 2.45) is 10.7 Å². The van der Waals surface area contributed by atoms with Gasteiger partial charge >= 0.3 is 0 Å². The van der Waals surface area contributed by atoms with Crippen molar-refractivity contribution in [2.75, 3.05) is 24.2 Å². The van der Waals surface area contributed by atoms with Crippen LogP contribution in [0.25, 0.3) is 0 Å². The summed E-state index contributed by atoms with van der Waals surface area (Å²) in [5.41, 5.74) is 14.9. The Balaban J connectivity index is 2.50. The number of hydrogen-bond acceptors (Lipinski definition) is 5. The normalized spacial score (nSPS) is 15.8. The van der Waals surface area contributed by atoms with E-state index in [2.05, 4.69) is 9.98 Å². The second kappa shape index (κ2) is 3.84. The maximum absolute atomic E-state index is 5.82. The third kappa shape index (κ3) is 1.84. The molecule has 5 heteroatoms. The Morgan fingerprint density at radius 2 is 2.31 bits per heavy atom. The van der Waals surface area contributed by atoms with Gasteiger partial charge in [0.2, 0.25) is 0 Å². The molecule has 0 amide bonds. The molecule has 0 bridgehead atoms. The monoisotopic (exact) mass is 217 g/mol. The fourth-order valence-corrected chi connectivity index (χ4v) is 1.79. The van der Waals surface area contributed by atoms with Gasteiger partial charge in [0.05, 0.1) is 17.9 Å². The highest BCUT2D eigenvalue weighted by Crippen LogP contribution is 2.34. The number of fused-ring (bicyclic) bond motifs is 1. The van der Waals surface area contributed by atoms with Crippen LogP contribution >= 0.6 is 0 Å². The van der Waals surface area contributed by atoms with E-state index in [1.165, 1.54) is 0 Å². The fourth-order valence-electron chi connectivity index (χ4n) is 1.79. The first-order valence-corrected chi connectivity index (χ1v) is 5.05. The van der Waals surface area contributed by atoms with E-state index in [0.717, 1.165) is 22.8 Å². The summed E-state index contributed by atoms with van der Waals surface area (Å²) in [6, 6.07) is 1.85. The van der Waals surface area contributed by atoms with E-state index in [9.17, 15) is 0 Å². The van der Waals surface area contributed by atoms with E-state index in [-0.39, 0.29) is 0 Å². The molecule has 5 nitrogen and oxygen atoms in total. The Labute approximate surface area is 94.5 Å². The SMILES string of the molecule is C/C(N)=C/C1=Nc2ccnc(N)c2N(C)C1. The van der Waals surface area contributed by atoms with Crippen LogP contribution in [-0.4, -0.2) is 24.3 Å². The minimum absolute atomic E-state index is 0.510. The average Bonchev–Trinajstić information content (AvgIpc) is 2.15. The molecule has 2 heterocycles. The zero-order chi connectivity index (χ0) is 11.7. The number of aliphatic imine (C=N–C) groups is 1. The molecule has 0 saturated heterocycles. The highest BCUT2D eigenvalue weighted by Gasteiger charge is 2.18. The van der Waals surface area contributed by atoms with E-state index in [1.54, 1.807) is 6.20 Å². The third-order valence-electron chi connectivity index (χ3n) is 2.37. The number of nitrogens with zero attached hydrogens (tertiary/aromatic N) is 3. The highest BCUT2D eigenvalue weighted by atomic mass is 15.2. The molecule has 0 atom stereocenters. The van der Waals surface area contributed by atoms with Crippen LogP contribution < -0.4 is 16.4 Å². The maximum Gasteiger partial charge on any atom is 0.149 e. The molecule has 4 N–H and O–H groups in total. The number of allylic oxidation sites excluding steroid dienone is 1. The number of aromatic nitrogens is 1. The van der Waals surface area contributed by atoms with E-state index >= 15 is 0 Å². The van der Waals surface area contributed by atoms with E-state index in [4.69, 9.17) is 11.5 Å². The van der Waals surface area contributed by atoms with Gasteiger partial charge in [0.15, 0.2) is 0 Å². The molecule has 0 aromatic carbocycles. The van der Waals surface area contributed by atoms with Crippen LogP contribution in [0.3, 0.4) is 0 Å². The van der Waals surface area contributed by atoms with Crippen LogP contribution in [-0.2, 0) is 0 Å². The van der Waals surface area contributed by atoms with E-state index in [1.807, 2.05) is 31.0 Å². The molecule has 1 aliphatic rings. The zero-order valence-corrected chi connectivity index (χ0v) is 9.44. The largest absolute Gasteiger partial charge is 0.402 e. The summed E-state index contributed by atoms with van der Waals surface area (Å²) in [6.45, 7) is 2.54. The Kier molecular flexibility index (Phi) is 2.52. The number of nitrogens with two attached hydrogens (primary N) is 2. The van der Waals surface area contributed by atoms with E-state index < -0.39 is 0 Å². The molecule has 1 aromatic rings. The van der Waals surface area contributed by atoms with Crippen LogP contribution in [0.4, 0.5) is 17.2 Å². The molecule has 0 aliphatic carbocycles. The molecule has 1 aromatic heterocycles. The van der Waals surface area contributed by atoms with Gasteiger partial charge in [0.1, 0.15) is 11.5 Å². The molecule has 0 radical (unpaired) electrons. The lowest BCUT2D eigenvalue weighted by molar-refractivity contribution is 1.03. The van der Waals surface area contributed by atoms with Gasteiger partial charge in [-0.1, -0.05) is 0 Å². The Morgan fingerprint density at radius 3 is 3.00 bits per heavy atom. The Morgan fingerprint density at radius 1 is 1.56 bits per heavy atom. The Hall–Kier alpha value is -2.04. The standard InChI is InChI=1S/C11H15N5/c1-7(12)5-8-6-16(2)10-9(15-8)3-4-14-11(10)13/h3-5H,6,12H2,1-2H3,(H2,13,14)/b7-5-. The Bertz CT molecular complexity index is 471. The lowest BCUT2D eigenvalue weighted by Crippen LogP contribution is -2.28. The smallest absolute Gasteiger partial charge is 0.149 e. The topological polar surface area (TPSA) is 80.5 Å². The molecule has 1 aliphatic heterocycles. The first kappa shape index (κ1) is 10.5. The van der Waals surface area contributed by atoms with Gasteiger partial charge in [0, 0.05) is 18.9 Å². The van der Waals surface area contributed by atoms with Crippen molar-refractivity contribution in [3.63, 3.8) is 0 Å². The minimum Gasteiger partial charge on any atom is -0.402 e. The summed E-state index contributed by atoms with van der Waals surface area (Å²) in [5.74, 6) is 0.510. The van der Waals surface area contributed by atoms with Gasteiger partial charge in [-0.15, -0.1) is 0 Å². The number of anilines is 2. The molecule has 0 spiro atoms. The first-order chi connectivity index (χ1) is 7.58. The predicted molar refractivity (Wildman–Crippen MR) is 67.0 cm³/mol. The molecule has 0 fully saturated rings. The van der Waals surface area contributed by atoms with Crippen LogP contribution in [0.5, 0.6) is 0 Å². The molecule has 16 heavy (non-hydrogen) atoms. The number of rotatable bonds is 1. The summed E-state index contributed by atoms with van der Waals surface area (Å²) in [4.78, 5) is 10.6. The summed E-state index contributed by atoms with van der Waals surface area (Å²) < 4.78 is 0. The van der Waals surface area contributed by atoms with Crippen molar-refractivity contribution in [1.82, 2.24) is 4.98 Å². The third-order valence-corrected chi connectivity index (χ3v) is 2.37. The van der Waals surface area contributed by atoms with Crippen molar-refractivity contribution in [1.29, 1.82) is 0 Å². The van der Waals surface area contributed by atoms with Gasteiger partial charge < -0.3 is 16.4 Å². The van der Waals surface area contributed by atoms with Crippen LogP contribution in [0.15, 0.2) is 29.0 Å². The maximum atomic E-state index is 5.82. The number of pyridine rings is 1. The summed E-state index contributed by atoms with van der Waals surface area (Å²) in [5, 5.41) is 0. The zero-order valence-electron chi connectivity index (χ0n) is 9.44. The van der Waals surface area contributed by atoms with Crippen LogP contribution in [0.2, 0.25) is 0 Å². The fraction of sp³-hybridized carbons (Fsp3) is 0.273. The second-order valence-corrected chi connectivity index (χ2v) is 3.91. The lowest BCUT2D eigenvalue weighted by Gasteiger charge is -2.26. The van der Waals surface area contributed by atoms with Gasteiger partial charge in [-0.25, -0.2) is 9.98 Å². The first-order valence-electron chi connectivity index (χ1n) is 5.05. The van der Waals surface area contributed by atoms with Crippen molar-refractivity contribution in [3.05, 3.63) is 24.0 Å². The molecule has 84 valence electrons. The predicted octanol–water partition coefficient (Wildman–Crippen LogP) is 1.05. The minimum atomic E-state index is 0.510. The molecule has 2 rings (SSSR count). The van der Waals surface area contributed by atoms with Crippen LogP contribution in [0, 0.1) is 0 Å². The molecule has 0 saturated carbocycles. The molecular formula is C11H15N5. The quantitative estimate of drug-likeness (QED) is 0.736. The van der Waals surface area contributed by atoms with Gasteiger partial charge in [0.25, 0.3) is 0 Å². The number of nitrogen functional groups attached to an aromatic ring is 1. The average molecular weight is 217 g/mol. The summed E-state index contributed by atoms with van der Waals surface area (Å²) in [6.07, 6.45) is 3.53. The lowest BCUT2D eigenvalue weighted by atomic mass is 10.2. The summed E-state index contributed by atoms with van der Waals surface area (Å²) in [7, 11) is 1.96. The number of hydrogen-bond donors (Lipinski definition) is 2. The molecule has 0 unspecified atom stereocenters. The van der Waals surface area contributed by atoms with Crippen molar-refractivity contribution in [2.45, 2.75) is 6.92 Å². The van der Waals surface area contributed by atoms with Gasteiger partial charge in [-0.3, -0.25) is 0 Å². The van der Waals surface area contributed by atoms with E-state index in [0.29, 0.717) is 12.4 Å². The van der Waals surface area contributed by atoms with Crippen molar-refractivity contribution < 1.29 is 0 Å². The van der Waals surface area contributed by atoms with Gasteiger partial charge in [-0.2, -0.15) is 0 Å². The van der Waals surface area contributed by atoms with Gasteiger partial charge in [-0.05, 0) is 19.1 Å². The van der Waals surface area contributed by atoms with Crippen molar-refractivity contribution in [3.8, 4) is 0 Å². The van der Waals surface area contributed by atoms with Crippen molar-refractivity contribution >= 4 is 22.9 Å².